The number of nitrogens with zero attached hydrogens (tertiary/aromatic N) is 1. The first-order valence-electron chi connectivity index (χ1n) is 27.1. The Labute approximate surface area is 453 Å². The van der Waals surface area contributed by atoms with Crippen LogP contribution in [0.1, 0.15) is 44.5 Å². The summed E-state index contributed by atoms with van der Waals surface area (Å²) in [6.07, 6.45) is 0. The Hall–Kier alpha value is -10.0. The van der Waals surface area contributed by atoms with Gasteiger partial charge in [0.2, 0.25) is 0 Å². The largest absolute Gasteiger partial charge is 0.455 e. The maximum Gasteiger partial charge on any atom is 0.143 e. The van der Waals surface area contributed by atoms with Gasteiger partial charge in [-0.25, -0.2) is 0 Å². The van der Waals surface area contributed by atoms with Crippen LogP contribution in [-0.2, 0) is 10.8 Å². The van der Waals surface area contributed by atoms with E-state index in [1.54, 1.807) is 0 Å². The van der Waals surface area contributed by atoms with Crippen LogP contribution in [0.25, 0.3) is 76.9 Å². The van der Waals surface area contributed by atoms with E-state index >= 15 is 0 Å². The van der Waals surface area contributed by atoms with E-state index in [9.17, 15) is 0 Å². The Kier molecular flexibility index (Phi) is 9.80. The number of anilines is 3. The molecule has 0 saturated heterocycles. The molecule has 0 aliphatic heterocycles. The summed E-state index contributed by atoms with van der Waals surface area (Å²) in [5.74, 6) is 0. The first kappa shape index (κ1) is 44.3. The lowest BCUT2D eigenvalue weighted by atomic mass is 9.67. The Balaban J connectivity index is 1.03. The van der Waals surface area contributed by atoms with Crippen molar-refractivity contribution >= 4 is 60.5 Å². The summed E-state index contributed by atoms with van der Waals surface area (Å²) in [5, 5.41) is 6.74. The molecular formula is C76H49NO. The third-order valence-corrected chi connectivity index (χ3v) is 17.2. The van der Waals surface area contributed by atoms with Gasteiger partial charge in [0.25, 0.3) is 0 Å². The van der Waals surface area contributed by atoms with Crippen molar-refractivity contribution in [1.82, 2.24) is 0 Å². The number of fused-ring (bicyclic) bond motifs is 12. The van der Waals surface area contributed by atoms with Crippen molar-refractivity contribution in [3.63, 3.8) is 0 Å². The van der Waals surface area contributed by atoms with Crippen molar-refractivity contribution in [3.05, 3.63) is 342 Å². The first-order valence-corrected chi connectivity index (χ1v) is 27.1. The van der Waals surface area contributed by atoms with Gasteiger partial charge in [-0.2, -0.15) is 0 Å². The molecule has 14 aromatic rings. The fourth-order valence-electron chi connectivity index (χ4n) is 14.1. The van der Waals surface area contributed by atoms with Gasteiger partial charge in [0.15, 0.2) is 0 Å². The van der Waals surface area contributed by atoms with Crippen molar-refractivity contribution < 1.29 is 4.42 Å². The molecule has 13 aromatic carbocycles. The van der Waals surface area contributed by atoms with Crippen LogP contribution >= 0.6 is 0 Å². The Morgan fingerprint density at radius 1 is 0.269 bits per heavy atom. The molecular weight excluding hydrogens is 943 g/mol. The SMILES string of the molecule is c1ccc(C2(c3ccccc3)c3ccccc3-c3ccc(N(c4ccc5c(c4)C(c4ccccc4)(c4ccccc4)c4ccccc4-5)c4cc5c(oc6cccc(-c7cccc8ccccc78)c65)c5ccccc45)cc32)cc1. The third-order valence-electron chi connectivity index (χ3n) is 17.2. The number of benzene rings is 13. The molecule has 0 spiro atoms. The third kappa shape index (κ3) is 6.20. The molecule has 2 heteroatoms. The Morgan fingerprint density at radius 3 is 1.23 bits per heavy atom. The van der Waals surface area contributed by atoms with E-state index in [-0.39, 0.29) is 0 Å². The molecule has 2 aliphatic carbocycles. The van der Waals surface area contributed by atoms with Gasteiger partial charge in [0.1, 0.15) is 11.2 Å². The predicted octanol–water partition coefficient (Wildman–Crippen LogP) is 19.8. The summed E-state index contributed by atoms with van der Waals surface area (Å²) in [6.45, 7) is 0. The zero-order valence-corrected chi connectivity index (χ0v) is 42.6. The quantitative estimate of drug-likeness (QED) is 0.151. The molecule has 0 fully saturated rings. The van der Waals surface area contributed by atoms with Crippen LogP contribution in [0.4, 0.5) is 17.1 Å². The summed E-state index contributed by atoms with van der Waals surface area (Å²) >= 11 is 0. The maximum atomic E-state index is 7.11. The smallest absolute Gasteiger partial charge is 0.143 e. The van der Waals surface area contributed by atoms with Crippen LogP contribution in [-0.4, -0.2) is 0 Å². The molecule has 1 aromatic heterocycles. The van der Waals surface area contributed by atoms with E-state index in [1.807, 2.05) is 0 Å². The van der Waals surface area contributed by atoms with Crippen LogP contribution < -0.4 is 4.90 Å². The zero-order valence-electron chi connectivity index (χ0n) is 42.6. The monoisotopic (exact) mass is 991 g/mol. The van der Waals surface area contributed by atoms with E-state index in [4.69, 9.17) is 4.42 Å². The van der Waals surface area contributed by atoms with Crippen LogP contribution in [0.3, 0.4) is 0 Å². The van der Waals surface area contributed by atoms with E-state index < -0.39 is 10.8 Å². The van der Waals surface area contributed by atoms with Gasteiger partial charge in [-0.15, -0.1) is 0 Å². The van der Waals surface area contributed by atoms with Crippen LogP contribution in [0.5, 0.6) is 0 Å². The lowest BCUT2D eigenvalue weighted by Crippen LogP contribution is -2.29. The lowest BCUT2D eigenvalue weighted by molar-refractivity contribution is 0.673. The molecule has 0 atom stereocenters. The Morgan fingerprint density at radius 2 is 0.679 bits per heavy atom. The fourth-order valence-corrected chi connectivity index (χ4v) is 14.1. The highest BCUT2D eigenvalue weighted by Gasteiger charge is 2.48. The second-order valence-electron chi connectivity index (χ2n) is 21.0. The normalized spacial score (nSPS) is 13.6. The topological polar surface area (TPSA) is 16.4 Å². The van der Waals surface area contributed by atoms with E-state index in [2.05, 4.69) is 302 Å². The van der Waals surface area contributed by atoms with Crippen molar-refractivity contribution in [1.29, 1.82) is 0 Å². The average molecular weight is 992 g/mol. The highest BCUT2D eigenvalue weighted by atomic mass is 16.3. The fraction of sp³-hybridized carbons (Fsp3) is 0.0263. The highest BCUT2D eigenvalue weighted by Crippen LogP contribution is 2.60. The lowest BCUT2D eigenvalue weighted by Gasteiger charge is -2.36. The van der Waals surface area contributed by atoms with Gasteiger partial charge >= 0.3 is 0 Å². The maximum absolute atomic E-state index is 7.11. The van der Waals surface area contributed by atoms with Crippen molar-refractivity contribution in [3.8, 4) is 33.4 Å². The van der Waals surface area contributed by atoms with Crippen LogP contribution in [0, 0.1) is 0 Å². The minimum Gasteiger partial charge on any atom is -0.455 e. The molecule has 0 N–H and O–H groups in total. The average Bonchev–Trinajstić information content (AvgIpc) is 4.36. The summed E-state index contributed by atoms with van der Waals surface area (Å²) in [5.41, 5.74) is 21.0. The molecule has 16 rings (SSSR count). The minimum absolute atomic E-state index is 0.606. The second-order valence-corrected chi connectivity index (χ2v) is 21.0. The molecule has 2 aliphatic rings. The number of hydrogen-bond donors (Lipinski definition) is 0. The van der Waals surface area contributed by atoms with E-state index in [0.29, 0.717) is 0 Å². The standard InChI is InChI=1S/C76H49NO/c1-5-25-51(26-6-1)75(52-27-7-2-8-28-52)67-40-19-17-34-59(67)61-45-43-55(47-69(61)75)77(56-44-46-62-60-35-18-20-41-68(60)76(70(62)48-56,53-29-9-3-10-30-53)54-31-11-4-12-32-54)71-49-66-73-64(58-38-21-24-50-23-13-14-33-57(50)58)39-22-42-72(73)78-74(66)65-37-16-15-36-63(65)71/h1-49H. The van der Waals surface area contributed by atoms with E-state index in [0.717, 1.165) is 55.3 Å². The van der Waals surface area contributed by atoms with Gasteiger partial charge in [-0.05, 0) is 125 Å². The van der Waals surface area contributed by atoms with Gasteiger partial charge < -0.3 is 9.32 Å². The minimum atomic E-state index is -0.606. The summed E-state index contributed by atoms with van der Waals surface area (Å²) in [4.78, 5) is 2.55. The summed E-state index contributed by atoms with van der Waals surface area (Å²) in [6, 6.07) is 110. The molecule has 0 unspecified atom stereocenters. The van der Waals surface area contributed by atoms with Crippen LogP contribution in [0.2, 0.25) is 0 Å². The van der Waals surface area contributed by atoms with Gasteiger partial charge in [-0.1, -0.05) is 261 Å². The van der Waals surface area contributed by atoms with Crippen molar-refractivity contribution in [2.45, 2.75) is 10.8 Å². The van der Waals surface area contributed by atoms with Crippen molar-refractivity contribution in [2.75, 3.05) is 4.90 Å². The number of hydrogen-bond acceptors (Lipinski definition) is 2. The molecule has 1 heterocycles. The summed E-state index contributed by atoms with van der Waals surface area (Å²) < 4.78 is 7.11. The van der Waals surface area contributed by atoms with Gasteiger partial charge in [-0.3, -0.25) is 0 Å². The van der Waals surface area contributed by atoms with Gasteiger partial charge in [0, 0.05) is 32.9 Å². The van der Waals surface area contributed by atoms with Gasteiger partial charge in [0.05, 0.1) is 16.5 Å². The Bertz CT molecular complexity index is 4410. The second kappa shape index (κ2) is 17.3. The highest BCUT2D eigenvalue weighted by molar-refractivity contribution is 6.23. The number of rotatable bonds is 8. The molecule has 0 radical (unpaired) electrons. The van der Waals surface area contributed by atoms with Crippen LogP contribution in [0.15, 0.2) is 302 Å². The van der Waals surface area contributed by atoms with E-state index in [1.165, 1.54) is 83.1 Å². The summed E-state index contributed by atoms with van der Waals surface area (Å²) in [7, 11) is 0. The molecule has 2 nitrogen and oxygen atoms in total. The predicted molar refractivity (Wildman–Crippen MR) is 323 cm³/mol. The number of furan rings is 1. The molecule has 364 valence electrons. The van der Waals surface area contributed by atoms with Crippen molar-refractivity contribution in [2.24, 2.45) is 0 Å². The zero-order chi connectivity index (χ0) is 51.4. The molecule has 0 bridgehead atoms. The molecule has 0 amide bonds. The first-order chi connectivity index (χ1) is 38.7. The molecule has 78 heavy (non-hydrogen) atoms. The molecule has 0 saturated carbocycles.